The zero-order valence-corrected chi connectivity index (χ0v) is 15.1. The molecule has 26 heavy (non-hydrogen) atoms. The van der Waals surface area contributed by atoms with E-state index in [9.17, 15) is 4.79 Å². The Morgan fingerprint density at radius 3 is 2.73 bits per heavy atom. The molecule has 1 atom stereocenters. The molecule has 3 aliphatic rings. The molecule has 0 N–H and O–H groups in total. The molecule has 7 nitrogen and oxygen atoms in total. The Morgan fingerprint density at radius 1 is 1.19 bits per heavy atom. The average Bonchev–Trinajstić information content (AvgIpc) is 2.67. The van der Waals surface area contributed by atoms with E-state index in [1.165, 1.54) is 0 Å². The van der Waals surface area contributed by atoms with Crippen LogP contribution in [0.1, 0.15) is 32.1 Å². The largest absolute Gasteiger partial charge is 0.463 e. The Kier molecular flexibility index (Phi) is 5.36. The summed E-state index contributed by atoms with van der Waals surface area (Å²) in [6.45, 7) is 4.28. The second-order valence-electron chi connectivity index (χ2n) is 7.64. The molecule has 1 spiro atoms. The molecule has 0 saturated carbocycles. The van der Waals surface area contributed by atoms with E-state index in [0.717, 1.165) is 51.8 Å². The third-order valence-electron chi connectivity index (χ3n) is 5.73. The van der Waals surface area contributed by atoms with Crippen LogP contribution in [0, 0.1) is 11.8 Å². The maximum Gasteiger partial charge on any atom is 0.316 e. The van der Waals surface area contributed by atoms with Crippen LogP contribution in [0.2, 0.25) is 0 Å². The summed E-state index contributed by atoms with van der Waals surface area (Å²) in [6, 6.07) is 2.21. The zero-order chi connectivity index (χ0) is 17.8. The van der Waals surface area contributed by atoms with Crippen LogP contribution < -0.4 is 4.74 Å². The predicted molar refractivity (Wildman–Crippen MR) is 93.7 cm³/mol. The van der Waals surface area contributed by atoms with Crippen molar-refractivity contribution in [2.45, 2.75) is 37.7 Å². The van der Waals surface area contributed by atoms with Gasteiger partial charge in [0.15, 0.2) is 0 Å². The molecule has 0 radical (unpaired) electrons. The molecule has 1 aromatic rings. The summed E-state index contributed by atoms with van der Waals surface area (Å²) in [5.41, 5.74) is -0.132. The van der Waals surface area contributed by atoms with Gasteiger partial charge in [0, 0.05) is 38.1 Å². The van der Waals surface area contributed by atoms with E-state index < -0.39 is 0 Å². The minimum absolute atomic E-state index is 0.132. The molecule has 1 amide bonds. The monoisotopic (exact) mass is 361 g/mol. The highest BCUT2D eigenvalue weighted by Gasteiger charge is 2.50. The molecule has 3 saturated heterocycles. The fourth-order valence-electron chi connectivity index (χ4n) is 4.28. The van der Waals surface area contributed by atoms with Crippen molar-refractivity contribution in [3.8, 4) is 6.01 Å². The Balaban J connectivity index is 1.22. The first-order chi connectivity index (χ1) is 12.7. The maximum absolute atomic E-state index is 12.6. The lowest BCUT2D eigenvalue weighted by atomic mass is 9.78. The predicted octanol–water partition coefficient (Wildman–Crippen LogP) is 1.68. The van der Waals surface area contributed by atoms with Crippen LogP contribution >= 0.6 is 0 Å². The molecule has 1 unspecified atom stereocenters. The van der Waals surface area contributed by atoms with Gasteiger partial charge in [-0.2, -0.15) is 0 Å². The van der Waals surface area contributed by atoms with Crippen molar-refractivity contribution in [3.63, 3.8) is 0 Å². The molecule has 4 heterocycles. The molecule has 3 aliphatic heterocycles. The molecule has 0 bridgehead atoms. The minimum atomic E-state index is -0.132. The molecule has 0 aliphatic carbocycles. The molecule has 3 fully saturated rings. The fraction of sp³-hybridized carbons (Fsp3) is 0.737. The van der Waals surface area contributed by atoms with Gasteiger partial charge in [-0.05, 0) is 44.1 Å². The topological polar surface area (TPSA) is 73.8 Å². The van der Waals surface area contributed by atoms with E-state index >= 15 is 0 Å². The minimum Gasteiger partial charge on any atom is -0.463 e. The van der Waals surface area contributed by atoms with Crippen LogP contribution in [0.25, 0.3) is 0 Å². The van der Waals surface area contributed by atoms with Crippen LogP contribution in [-0.4, -0.2) is 65.9 Å². The number of hydrogen-bond acceptors (Lipinski definition) is 6. The molecule has 142 valence electrons. The number of hydrogen-bond donors (Lipinski definition) is 0. The summed E-state index contributed by atoms with van der Waals surface area (Å²) in [7, 11) is 0. The summed E-state index contributed by atoms with van der Waals surface area (Å²) in [6.07, 6.45) is 8.10. The lowest BCUT2D eigenvalue weighted by molar-refractivity contribution is -0.192. The molecule has 4 rings (SSSR count). The van der Waals surface area contributed by atoms with Gasteiger partial charge in [0.1, 0.15) is 5.60 Å². The number of rotatable bonds is 5. The summed E-state index contributed by atoms with van der Waals surface area (Å²) in [5.74, 6) is 0.988. The number of ether oxygens (including phenoxy) is 3. The SMILES string of the molecule is O=C(C1CCOCC1)N1CC2(CC(CCOc3ncccn3)CCO2)C1. The van der Waals surface area contributed by atoms with E-state index in [1.807, 2.05) is 4.90 Å². The lowest BCUT2D eigenvalue weighted by Gasteiger charge is -2.54. The third-order valence-corrected chi connectivity index (χ3v) is 5.73. The Bertz CT molecular complexity index is 600. The highest BCUT2D eigenvalue weighted by Crippen LogP contribution is 2.39. The van der Waals surface area contributed by atoms with Gasteiger partial charge >= 0.3 is 6.01 Å². The number of carbonyl (C=O) groups is 1. The summed E-state index contributed by atoms with van der Waals surface area (Å²) < 4.78 is 17.1. The molecule has 0 aromatic carbocycles. The number of carbonyl (C=O) groups excluding carboxylic acids is 1. The second-order valence-corrected chi connectivity index (χ2v) is 7.64. The number of amides is 1. The standard InChI is InChI=1S/C19H27N3O4/c23-17(16-4-8-24-9-5-16)22-13-19(14-22)12-15(3-11-26-19)2-10-25-18-20-6-1-7-21-18/h1,6-7,15-16H,2-5,8-14H2. The van der Waals surface area contributed by atoms with Crippen molar-refractivity contribution in [3.05, 3.63) is 18.5 Å². The Hall–Kier alpha value is -1.73. The number of nitrogens with zero attached hydrogens (tertiary/aromatic N) is 3. The van der Waals surface area contributed by atoms with E-state index in [0.29, 0.717) is 31.7 Å². The quantitative estimate of drug-likeness (QED) is 0.794. The average molecular weight is 361 g/mol. The summed E-state index contributed by atoms with van der Waals surface area (Å²) in [4.78, 5) is 22.7. The van der Waals surface area contributed by atoms with Crippen molar-refractivity contribution < 1.29 is 19.0 Å². The van der Waals surface area contributed by atoms with Gasteiger partial charge in [0.25, 0.3) is 0 Å². The summed E-state index contributed by atoms with van der Waals surface area (Å²) in [5, 5.41) is 0. The van der Waals surface area contributed by atoms with E-state index in [-0.39, 0.29) is 17.4 Å². The summed E-state index contributed by atoms with van der Waals surface area (Å²) >= 11 is 0. The maximum atomic E-state index is 12.6. The van der Waals surface area contributed by atoms with Gasteiger partial charge < -0.3 is 19.1 Å². The number of likely N-dealkylation sites (tertiary alicyclic amines) is 1. The van der Waals surface area contributed by atoms with Crippen molar-refractivity contribution in [1.82, 2.24) is 14.9 Å². The Labute approximate surface area is 154 Å². The third kappa shape index (κ3) is 3.99. The van der Waals surface area contributed by atoms with Crippen molar-refractivity contribution in [2.24, 2.45) is 11.8 Å². The first-order valence-electron chi connectivity index (χ1n) is 9.64. The second kappa shape index (κ2) is 7.88. The smallest absolute Gasteiger partial charge is 0.316 e. The van der Waals surface area contributed by atoms with Gasteiger partial charge in [-0.15, -0.1) is 0 Å². The highest BCUT2D eigenvalue weighted by molar-refractivity contribution is 5.80. The van der Waals surface area contributed by atoms with E-state index in [2.05, 4.69) is 9.97 Å². The van der Waals surface area contributed by atoms with Crippen molar-refractivity contribution in [1.29, 1.82) is 0 Å². The van der Waals surface area contributed by atoms with Crippen LogP contribution in [0.5, 0.6) is 6.01 Å². The Morgan fingerprint density at radius 2 is 1.96 bits per heavy atom. The van der Waals surface area contributed by atoms with E-state index in [4.69, 9.17) is 14.2 Å². The van der Waals surface area contributed by atoms with Crippen LogP contribution in [0.3, 0.4) is 0 Å². The van der Waals surface area contributed by atoms with Crippen molar-refractivity contribution in [2.75, 3.05) is 39.5 Å². The van der Waals surface area contributed by atoms with Crippen LogP contribution in [-0.2, 0) is 14.3 Å². The van der Waals surface area contributed by atoms with Gasteiger partial charge in [0.05, 0.1) is 19.7 Å². The number of aromatic nitrogens is 2. The lowest BCUT2D eigenvalue weighted by Crippen LogP contribution is -2.67. The van der Waals surface area contributed by atoms with E-state index in [1.54, 1.807) is 18.5 Å². The van der Waals surface area contributed by atoms with Gasteiger partial charge in [0.2, 0.25) is 5.91 Å². The van der Waals surface area contributed by atoms with Gasteiger partial charge in [-0.3, -0.25) is 4.79 Å². The highest BCUT2D eigenvalue weighted by atomic mass is 16.5. The molecule has 1 aromatic heterocycles. The van der Waals surface area contributed by atoms with Gasteiger partial charge in [-0.1, -0.05) is 0 Å². The molecular formula is C19H27N3O4. The zero-order valence-electron chi connectivity index (χ0n) is 15.1. The fourth-order valence-corrected chi connectivity index (χ4v) is 4.28. The normalized spacial score (nSPS) is 25.7. The van der Waals surface area contributed by atoms with Crippen LogP contribution in [0.15, 0.2) is 18.5 Å². The van der Waals surface area contributed by atoms with Crippen LogP contribution in [0.4, 0.5) is 0 Å². The first kappa shape index (κ1) is 17.7. The van der Waals surface area contributed by atoms with Gasteiger partial charge in [-0.25, -0.2) is 9.97 Å². The molecule has 7 heteroatoms. The molecular weight excluding hydrogens is 334 g/mol. The van der Waals surface area contributed by atoms with Crippen molar-refractivity contribution >= 4 is 5.91 Å². The first-order valence-corrected chi connectivity index (χ1v) is 9.64.